The Morgan fingerprint density at radius 2 is 2.07 bits per heavy atom. The van der Waals surface area contributed by atoms with Crippen LogP contribution >= 0.6 is 27.3 Å². The van der Waals surface area contributed by atoms with Crippen LogP contribution in [0.1, 0.15) is 17.4 Å². The number of halogens is 1. The Hall–Kier alpha value is -0.710. The maximum Gasteiger partial charge on any atom is 0.101 e. The van der Waals surface area contributed by atoms with Crippen LogP contribution in [0.5, 0.6) is 0 Å². The summed E-state index contributed by atoms with van der Waals surface area (Å²) < 4.78 is 1.05. The Morgan fingerprint density at radius 1 is 1.33 bits per heavy atom. The van der Waals surface area contributed by atoms with Gasteiger partial charge in [0.1, 0.15) is 6.10 Å². The van der Waals surface area contributed by atoms with E-state index in [4.69, 9.17) is 0 Å². The second-order valence-corrected chi connectivity index (χ2v) is 4.89. The van der Waals surface area contributed by atoms with E-state index in [-0.39, 0.29) is 0 Å². The van der Waals surface area contributed by atoms with E-state index in [1.165, 1.54) is 11.3 Å². The van der Waals surface area contributed by atoms with E-state index in [0.29, 0.717) is 6.42 Å². The smallest absolute Gasteiger partial charge is 0.101 e. The molecule has 1 aromatic carbocycles. The van der Waals surface area contributed by atoms with E-state index in [1.807, 2.05) is 29.6 Å². The van der Waals surface area contributed by atoms with Crippen molar-refractivity contribution < 1.29 is 5.11 Å². The normalized spacial score (nSPS) is 12.7. The van der Waals surface area contributed by atoms with Crippen LogP contribution in [-0.2, 0) is 6.42 Å². The lowest BCUT2D eigenvalue weighted by atomic mass is 10.1. The topological polar surface area (TPSA) is 33.1 Å². The molecule has 0 aliphatic carbocycles. The van der Waals surface area contributed by atoms with Gasteiger partial charge in [0.15, 0.2) is 0 Å². The molecule has 1 unspecified atom stereocenters. The van der Waals surface area contributed by atoms with Gasteiger partial charge >= 0.3 is 0 Å². The van der Waals surface area contributed by atoms with Gasteiger partial charge in [-0.3, -0.25) is 0 Å². The summed E-state index contributed by atoms with van der Waals surface area (Å²) in [5, 5.41) is 11.7. The second-order valence-electron chi connectivity index (χ2n) is 3.26. The highest BCUT2D eigenvalue weighted by molar-refractivity contribution is 9.10. The Morgan fingerprint density at radius 3 is 2.67 bits per heavy atom. The Bertz CT molecular complexity index is 413. The summed E-state index contributed by atoms with van der Waals surface area (Å²) >= 11 is 4.88. The van der Waals surface area contributed by atoms with Crippen LogP contribution < -0.4 is 0 Å². The van der Waals surface area contributed by atoms with Crippen LogP contribution in [0.25, 0.3) is 0 Å². The lowest BCUT2D eigenvalue weighted by molar-refractivity contribution is 0.174. The van der Waals surface area contributed by atoms with E-state index >= 15 is 0 Å². The summed E-state index contributed by atoms with van der Waals surface area (Å²) in [5.41, 5.74) is 3.60. The van der Waals surface area contributed by atoms with E-state index in [0.717, 1.165) is 15.7 Å². The van der Waals surface area contributed by atoms with Crippen molar-refractivity contribution in [1.82, 2.24) is 4.98 Å². The minimum atomic E-state index is -0.502. The molecule has 4 heteroatoms. The third-order valence-corrected chi connectivity index (χ3v) is 3.27. The molecule has 1 atom stereocenters. The summed E-state index contributed by atoms with van der Waals surface area (Å²) in [5.74, 6) is 0. The van der Waals surface area contributed by atoms with Crippen LogP contribution in [0.2, 0.25) is 0 Å². The molecule has 0 amide bonds. The molecule has 0 spiro atoms. The van der Waals surface area contributed by atoms with Gasteiger partial charge < -0.3 is 5.11 Å². The number of benzene rings is 1. The molecule has 2 nitrogen and oxygen atoms in total. The lowest BCUT2D eigenvalue weighted by Crippen LogP contribution is -2.01. The Balaban J connectivity index is 2.06. The van der Waals surface area contributed by atoms with Crippen LogP contribution in [0.4, 0.5) is 0 Å². The van der Waals surface area contributed by atoms with Crippen LogP contribution in [-0.4, -0.2) is 10.1 Å². The molecule has 2 rings (SSSR count). The van der Waals surface area contributed by atoms with Gasteiger partial charge in [0, 0.05) is 16.3 Å². The highest BCUT2D eigenvalue weighted by atomic mass is 79.9. The van der Waals surface area contributed by atoms with Crippen molar-refractivity contribution in [2.24, 2.45) is 0 Å². The number of rotatable bonds is 3. The molecule has 0 aliphatic rings. The molecule has 15 heavy (non-hydrogen) atoms. The third-order valence-electron chi connectivity index (χ3n) is 2.14. The average molecular weight is 284 g/mol. The highest BCUT2D eigenvalue weighted by Gasteiger charge is 2.09. The number of aliphatic hydroxyl groups is 1. The Labute approximate surface area is 101 Å². The predicted octanol–water partition coefficient (Wildman–Crippen LogP) is 3.18. The summed E-state index contributed by atoms with van der Waals surface area (Å²) in [6, 6.07) is 7.95. The van der Waals surface area contributed by atoms with Crippen molar-refractivity contribution in [2.75, 3.05) is 0 Å². The largest absolute Gasteiger partial charge is 0.386 e. The van der Waals surface area contributed by atoms with E-state index in [1.54, 1.807) is 5.51 Å². The van der Waals surface area contributed by atoms with Crippen molar-refractivity contribution in [3.05, 3.63) is 50.9 Å². The molecular weight excluding hydrogens is 274 g/mol. The number of aromatic nitrogens is 1. The van der Waals surface area contributed by atoms with Crippen molar-refractivity contribution in [2.45, 2.75) is 12.5 Å². The molecule has 0 fully saturated rings. The third kappa shape index (κ3) is 2.87. The van der Waals surface area contributed by atoms with Gasteiger partial charge in [0.2, 0.25) is 0 Å². The van der Waals surface area contributed by atoms with Gasteiger partial charge in [-0.15, -0.1) is 11.3 Å². The van der Waals surface area contributed by atoms with Gasteiger partial charge in [-0.2, -0.15) is 0 Å². The number of nitrogens with zero attached hydrogens (tertiary/aromatic N) is 1. The zero-order valence-corrected chi connectivity index (χ0v) is 10.3. The maximum absolute atomic E-state index is 9.86. The van der Waals surface area contributed by atoms with Gasteiger partial charge in [0.05, 0.1) is 11.2 Å². The summed E-state index contributed by atoms with van der Waals surface area (Å²) in [6.07, 6.45) is 0.106. The molecule has 0 saturated heterocycles. The van der Waals surface area contributed by atoms with E-state index in [2.05, 4.69) is 20.9 Å². The van der Waals surface area contributed by atoms with Crippen molar-refractivity contribution in [1.29, 1.82) is 0 Å². The number of aliphatic hydroxyl groups excluding tert-OH is 1. The minimum Gasteiger partial charge on any atom is -0.386 e. The van der Waals surface area contributed by atoms with Gasteiger partial charge in [-0.05, 0) is 17.7 Å². The average Bonchev–Trinajstić information content (AvgIpc) is 2.74. The SMILES string of the molecule is OC(Cc1ccc(Br)cc1)c1cscn1. The summed E-state index contributed by atoms with van der Waals surface area (Å²) in [6.45, 7) is 0. The van der Waals surface area contributed by atoms with Gasteiger partial charge in [-0.1, -0.05) is 28.1 Å². The van der Waals surface area contributed by atoms with Gasteiger partial charge in [0.25, 0.3) is 0 Å². The van der Waals surface area contributed by atoms with Crippen molar-refractivity contribution >= 4 is 27.3 Å². The van der Waals surface area contributed by atoms with Gasteiger partial charge in [-0.25, -0.2) is 4.98 Å². The molecule has 0 bridgehead atoms. The first-order chi connectivity index (χ1) is 7.25. The van der Waals surface area contributed by atoms with Crippen molar-refractivity contribution in [3.8, 4) is 0 Å². The zero-order valence-electron chi connectivity index (χ0n) is 7.93. The predicted molar refractivity (Wildman–Crippen MR) is 64.9 cm³/mol. The maximum atomic E-state index is 9.86. The fourth-order valence-corrected chi connectivity index (χ4v) is 2.20. The van der Waals surface area contributed by atoms with Crippen LogP contribution in [0.3, 0.4) is 0 Å². The molecule has 1 aromatic heterocycles. The quantitative estimate of drug-likeness (QED) is 0.939. The fourth-order valence-electron chi connectivity index (χ4n) is 1.33. The van der Waals surface area contributed by atoms with Crippen molar-refractivity contribution in [3.63, 3.8) is 0 Å². The molecule has 2 aromatic rings. The molecular formula is C11H10BrNOS. The zero-order chi connectivity index (χ0) is 10.7. The second kappa shape index (κ2) is 4.88. The number of hydrogen-bond donors (Lipinski definition) is 1. The Kier molecular flexibility index (Phi) is 3.51. The monoisotopic (exact) mass is 283 g/mol. The standard InChI is InChI=1S/C11H10BrNOS/c12-9-3-1-8(2-4-9)5-11(14)10-6-15-7-13-10/h1-4,6-7,11,14H,5H2. The summed E-state index contributed by atoms with van der Waals surface area (Å²) in [7, 11) is 0. The minimum absolute atomic E-state index is 0.502. The van der Waals surface area contributed by atoms with E-state index < -0.39 is 6.10 Å². The van der Waals surface area contributed by atoms with E-state index in [9.17, 15) is 5.11 Å². The number of hydrogen-bond acceptors (Lipinski definition) is 3. The first-order valence-electron chi connectivity index (χ1n) is 4.56. The molecule has 1 N–H and O–H groups in total. The fraction of sp³-hybridized carbons (Fsp3) is 0.182. The molecule has 0 radical (unpaired) electrons. The number of thiazole rings is 1. The first kappa shape index (κ1) is 10.8. The highest BCUT2D eigenvalue weighted by Crippen LogP contribution is 2.19. The van der Waals surface area contributed by atoms with Crippen LogP contribution in [0, 0.1) is 0 Å². The summed E-state index contributed by atoms with van der Waals surface area (Å²) in [4.78, 5) is 4.09. The molecule has 0 saturated carbocycles. The molecule has 1 heterocycles. The molecule has 0 aliphatic heterocycles. The lowest BCUT2D eigenvalue weighted by Gasteiger charge is -2.07. The molecule has 78 valence electrons. The van der Waals surface area contributed by atoms with Crippen LogP contribution in [0.15, 0.2) is 39.6 Å². The first-order valence-corrected chi connectivity index (χ1v) is 6.30.